The molecule has 1 fully saturated rings. The highest BCUT2D eigenvalue weighted by Crippen LogP contribution is 2.51. The van der Waals surface area contributed by atoms with Gasteiger partial charge in [0.05, 0.1) is 12.9 Å². The van der Waals surface area contributed by atoms with Crippen LogP contribution in [0.5, 0.6) is 17.2 Å². The van der Waals surface area contributed by atoms with E-state index in [-0.39, 0.29) is 11.3 Å². The molecule has 2 aliphatic heterocycles. The van der Waals surface area contributed by atoms with Crippen LogP contribution in [0.2, 0.25) is 0 Å². The number of thioether (sulfide) groups is 1. The fourth-order valence-electron chi connectivity index (χ4n) is 2.15. The third-order valence-corrected chi connectivity index (χ3v) is 4.19. The van der Waals surface area contributed by atoms with Crippen molar-refractivity contribution in [1.82, 2.24) is 0 Å². The van der Waals surface area contributed by atoms with Gasteiger partial charge in [0.1, 0.15) is 5.56 Å². The maximum absolute atomic E-state index is 11.2. The fraction of sp³-hybridized carbons (Fsp3) is 0.417. The largest absolute Gasteiger partial charge is 0.493 e. The van der Waals surface area contributed by atoms with Gasteiger partial charge in [-0.2, -0.15) is 11.8 Å². The van der Waals surface area contributed by atoms with Crippen LogP contribution in [0.25, 0.3) is 0 Å². The first-order valence-electron chi connectivity index (χ1n) is 5.55. The van der Waals surface area contributed by atoms with Crippen LogP contribution in [0.4, 0.5) is 0 Å². The molecule has 0 radical (unpaired) electrons. The van der Waals surface area contributed by atoms with E-state index in [9.17, 15) is 4.79 Å². The average Bonchev–Trinajstić information content (AvgIpc) is 2.94. The molecule has 0 saturated carbocycles. The number of rotatable bonds is 2. The number of ether oxygens (including phenoxy) is 3. The Labute approximate surface area is 108 Å². The minimum absolute atomic E-state index is 0.111. The molecular weight excluding hydrogens is 256 g/mol. The van der Waals surface area contributed by atoms with Crippen molar-refractivity contribution in [3.8, 4) is 17.2 Å². The van der Waals surface area contributed by atoms with Crippen LogP contribution in [0.1, 0.15) is 16.8 Å². The lowest BCUT2D eigenvalue weighted by molar-refractivity contribution is -0.0543. The monoisotopic (exact) mass is 268 g/mol. The predicted octanol–water partition coefficient (Wildman–Crippen LogP) is 2.00. The van der Waals surface area contributed by atoms with Gasteiger partial charge in [-0.3, -0.25) is 0 Å². The molecule has 0 bridgehead atoms. The molecule has 3 rings (SSSR count). The van der Waals surface area contributed by atoms with Crippen LogP contribution >= 0.6 is 11.8 Å². The van der Waals surface area contributed by atoms with Gasteiger partial charge >= 0.3 is 5.97 Å². The molecule has 1 unspecified atom stereocenters. The summed E-state index contributed by atoms with van der Waals surface area (Å²) in [7, 11) is 1.52. The van der Waals surface area contributed by atoms with Gasteiger partial charge in [0.25, 0.3) is 5.79 Å². The Bertz CT molecular complexity index is 507. The van der Waals surface area contributed by atoms with E-state index in [0.717, 1.165) is 12.2 Å². The third kappa shape index (κ3) is 1.59. The van der Waals surface area contributed by atoms with Gasteiger partial charge in [-0.25, -0.2) is 4.79 Å². The summed E-state index contributed by atoms with van der Waals surface area (Å²) < 4.78 is 16.8. The standard InChI is InChI=1S/C12H12O5S/c1-15-8-3-2-7(11(13)14)9-10(8)17-12(16-9)4-5-18-6-12/h2-3H,4-6H2,1H3,(H,13,14). The molecular formula is C12H12O5S. The van der Waals surface area contributed by atoms with E-state index in [1.807, 2.05) is 0 Å². The number of fused-ring (bicyclic) bond motifs is 1. The maximum atomic E-state index is 11.2. The number of carboxylic acids is 1. The summed E-state index contributed by atoms with van der Waals surface area (Å²) in [6.07, 6.45) is 0.745. The average molecular weight is 268 g/mol. The predicted molar refractivity (Wildman–Crippen MR) is 65.9 cm³/mol. The molecule has 6 heteroatoms. The fourth-order valence-corrected chi connectivity index (χ4v) is 3.33. The van der Waals surface area contributed by atoms with Crippen molar-refractivity contribution in [3.63, 3.8) is 0 Å². The second-order valence-corrected chi connectivity index (χ2v) is 5.30. The molecule has 1 saturated heterocycles. The second kappa shape index (κ2) is 3.98. The van der Waals surface area contributed by atoms with E-state index in [0.29, 0.717) is 17.3 Å². The lowest BCUT2D eigenvalue weighted by Gasteiger charge is -2.20. The Morgan fingerprint density at radius 3 is 2.83 bits per heavy atom. The summed E-state index contributed by atoms with van der Waals surface area (Å²) >= 11 is 1.73. The first kappa shape index (κ1) is 11.5. The molecule has 1 atom stereocenters. The highest BCUT2D eigenvalue weighted by atomic mass is 32.2. The summed E-state index contributed by atoms with van der Waals surface area (Å²) in [5.41, 5.74) is 0.111. The molecule has 2 heterocycles. The normalized spacial score (nSPS) is 24.5. The van der Waals surface area contributed by atoms with E-state index in [1.165, 1.54) is 13.2 Å². The van der Waals surface area contributed by atoms with E-state index >= 15 is 0 Å². The quantitative estimate of drug-likeness (QED) is 0.885. The molecule has 1 aromatic rings. The van der Waals surface area contributed by atoms with Crippen molar-refractivity contribution in [2.75, 3.05) is 18.6 Å². The van der Waals surface area contributed by atoms with E-state index in [2.05, 4.69) is 0 Å². The molecule has 1 N–H and O–H groups in total. The Kier molecular flexibility index (Phi) is 2.55. The van der Waals surface area contributed by atoms with Crippen molar-refractivity contribution < 1.29 is 24.1 Å². The van der Waals surface area contributed by atoms with E-state index in [1.54, 1.807) is 17.8 Å². The number of hydrogen-bond acceptors (Lipinski definition) is 5. The van der Waals surface area contributed by atoms with Gasteiger partial charge < -0.3 is 19.3 Å². The summed E-state index contributed by atoms with van der Waals surface area (Å²) in [5.74, 6) is 1.09. The number of aromatic carboxylic acids is 1. The van der Waals surface area contributed by atoms with Crippen LogP contribution in [0.3, 0.4) is 0 Å². The van der Waals surface area contributed by atoms with Crippen molar-refractivity contribution in [2.24, 2.45) is 0 Å². The molecule has 0 aromatic heterocycles. The topological polar surface area (TPSA) is 65.0 Å². The van der Waals surface area contributed by atoms with Crippen LogP contribution in [-0.4, -0.2) is 35.5 Å². The summed E-state index contributed by atoms with van der Waals surface area (Å²) in [5, 5.41) is 9.16. The highest BCUT2D eigenvalue weighted by Gasteiger charge is 2.47. The molecule has 0 aliphatic carbocycles. The molecule has 5 nitrogen and oxygen atoms in total. The SMILES string of the molecule is COc1ccc(C(=O)O)c2c1OC1(CCSC1)O2. The summed E-state index contributed by atoms with van der Waals surface area (Å²) in [4.78, 5) is 11.2. The van der Waals surface area contributed by atoms with Crippen LogP contribution in [0, 0.1) is 0 Å². The maximum Gasteiger partial charge on any atom is 0.339 e. The van der Waals surface area contributed by atoms with E-state index < -0.39 is 11.8 Å². The smallest absolute Gasteiger partial charge is 0.339 e. The third-order valence-electron chi connectivity index (χ3n) is 3.05. The molecule has 96 valence electrons. The highest BCUT2D eigenvalue weighted by molar-refractivity contribution is 7.99. The Balaban J connectivity index is 2.08. The summed E-state index contributed by atoms with van der Waals surface area (Å²) in [6, 6.07) is 3.07. The first-order valence-corrected chi connectivity index (χ1v) is 6.71. The lowest BCUT2D eigenvalue weighted by Crippen LogP contribution is -2.38. The minimum atomic E-state index is -1.03. The molecule has 1 aromatic carbocycles. The first-order chi connectivity index (χ1) is 8.65. The van der Waals surface area contributed by atoms with Crippen molar-refractivity contribution in [2.45, 2.75) is 12.2 Å². The van der Waals surface area contributed by atoms with Crippen LogP contribution in [0.15, 0.2) is 12.1 Å². The number of hydrogen-bond donors (Lipinski definition) is 1. The van der Waals surface area contributed by atoms with Gasteiger partial charge in [-0.1, -0.05) is 0 Å². The zero-order valence-electron chi connectivity index (χ0n) is 9.76. The molecule has 2 aliphatic rings. The zero-order chi connectivity index (χ0) is 12.8. The molecule has 18 heavy (non-hydrogen) atoms. The van der Waals surface area contributed by atoms with Gasteiger partial charge in [0.15, 0.2) is 11.5 Å². The van der Waals surface area contributed by atoms with Gasteiger partial charge in [0.2, 0.25) is 5.75 Å². The van der Waals surface area contributed by atoms with Crippen molar-refractivity contribution in [3.05, 3.63) is 17.7 Å². The number of benzene rings is 1. The second-order valence-electron chi connectivity index (χ2n) is 4.20. The molecule has 1 spiro atoms. The van der Waals surface area contributed by atoms with Gasteiger partial charge in [-0.15, -0.1) is 0 Å². The number of carboxylic acid groups (broad SMARTS) is 1. The lowest BCUT2D eigenvalue weighted by atomic mass is 10.2. The molecule has 0 amide bonds. The number of carbonyl (C=O) groups is 1. The minimum Gasteiger partial charge on any atom is -0.493 e. The Morgan fingerprint density at radius 1 is 1.44 bits per heavy atom. The summed E-state index contributed by atoms with van der Waals surface area (Å²) in [6.45, 7) is 0. The zero-order valence-corrected chi connectivity index (χ0v) is 10.6. The van der Waals surface area contributed by atoms with Crippen LogP contribution in [-0.2, 0) is 0 Å². The van der Waals surface area contributed by atoms with Crippen LogP contribution < -0.4 is 14.2 Å². The van der Waals surface area contributed by atoms with Crippen molar-refractivity contribution in [1.29, 1.82) is 0 Å². The van der Waals surface area contributed by atoms with Crippen molar-refractivity contribution >= 4 is 17.7 Å². The van der Waals surface area contributed by atoms with Gasteiger partial charge in [0, 0.05) is 12.2 Å². The van der Waals surface area contributed by atoms with E-state index in [4.69, 9.17) is 19.3 Å². The Morgan fingerprint density at radius 2 is 2.22 bits per heavy atom. The Hall–Kier alpha value is -1.56. The number of methoxy groups -OCH3 is 1. The van der Waals surface area contributed by atoms with Gasteiger partial charge in [-0.05, 0) is 12.1 Å².